The van der Waals surface area contributed by atoms with Gasteiger partial charge >= 0.3 is 17.8 Å². The van der Waals surface area contributed by atoms with Crippen molar-refractivity contribution >= 4 is 46.1 Å². The summed E-state index contributed by atoms with van der Waals surface area (Å²) in [6.45, 7) is 17.3. The van der Waals surface area contributed by atoms with Crippen molar-refractivity contribution in [2.75, 3.05) is 67.1 Å². The maximum Gasteiger partial charge on any atom is 0.328 e. The summed E-state index contributed by atoms with van der Waals surface area (Å²) in [4.78, 5) is 67.4. The van der Waals surface area contributed by atoms with E-state index >= 15 is 0 Å². The van der Waals surface area contributed by atoms with E-state index in [2.05, 4.69) is 86.8 Å². The Hall–Kier alpha value is -6.68. The molecule has 4 amide bonds. The molecule has 7 heterocycles. The van der Waals surface area contributed by atoms with Crippen molar-refractivity contribution in [1.82, 2.24) is 45.6 Å². The smallest absolute Gasteiger partial charge is 0.328 e. The molecule has 1 atom stereocenters. The summed E-state index contributed by atoms with van der Waals surface area (Å²) in [5.41, 5.74) is 8.26. The average molecular weight is 851 g/mol. The number of nitrogens with one attached hydrogen (secondary N) is 3. The highest BCUT2D eigenvalue weighted by Crippen LogP contribution is 2.33. The second-order valence-corrected chi connectivity index (χ2v) is 18.0. The lowest BCUT2D eigenvalue weighted by molar-refractivity contribution is -0.120. The molecule has 3 aliphatic rings. The van der Waals surface area contributed by atoms with Crippen LogP contribution in [0, 0.1) is 12.8 Å². The fourth-order valence-electron chi connectivity index (χ4n) is 8.88. The molecular formula is C47H54N12O4. The van der Waals surface area contributed by atoms with Crippen LogP contribution in [0.1, 0.15) is 80.6 Å². The van der Waals surface area contributed by atoms with Gasteiger partial charge in [0, 0.05) is 86.5 Å². The topological polar surface area (TPSA) is 182 Å². The number of piperazine rings is 1. The number of urea groups is 1. The number of hydrogen-bond donors (Lipinski definition) is 3. The quantitative estimate of drug-likeness (QED) is 0.134. The number of hydrogen-bond acceptors (Lipinski definition) is 12. The van der Waals surface area contributed by atoms with Gasteiger partial charge in [0.1, 0.15) is 17.8 Å². The number of imide groups is 1. The molecule has 0 saturated carbocycles. The molecule has 16 nitrogen and oxygen atoms in total. The van der Waals surface area contributed by atoms with Gasteiger partial charge in [-0.15, -0.1) is 0 Å². The van der Waals surface area contributed by atoms with E-state index in [-0.39, 0.29) is 23.3 Å². The number of amides is 4. The Bertz CT molecular complexity index is 2620. The minimum atomic E-state index is -0.407. The van der Waals surface area contributed by atoms with Crippen LogP contribution in [0.4, 0.5) is 22.0 Å². The summed E-state index contributed by atoms with van der Waals surface area (Å²) in [5, 5.41) is 10.3. The maximum absolute atomic E-state index is 12.9. The van der Waals surface area contributed by atoms with Crippen molar-refractivity contribution in [2.45, 2.75) is 65.3 Å². The van der Waals surface area contributed by atoms with Crippen molar-refractivity contribution in [2.24, 2.45) is 5.92 Å². The van der Waals surface area contributed by atoms with Crippen molar-refractivity contribution in [3.8, 4) is 22.5 Å². The second-order valence-electron chi connectivity index (χ2n) is 18.0. The molecular weight excluding hydrogens is 797 g/mol. The molecule has 6 aromatic rings. The minimum Gasteiger partial charge on any atom is -0.372 e. The second kappa shape index (κ2) is 17.2. The van der Waals surface area contributed by atoms with E-state index in [1.807, 2.05) is 58.9 Å². The van der Waals surface area contributed by atoms with Crippen LogP contribution in [0.15, 0.2) is 77.7 Å². The molecule has 2 aromatic carbocycles. The van der Waals surface area contributed by atoms with E-state index < -0.39 is 11.9 Å². The number of anilines is 3. The number of H-pyrrole nitrogens is 1. The first-order chi connectivity index (χ1) is 30.4. The molecule has 9 rings (SSSR count). The van der Waals surface area contributed by atoms with Gasteiger partial charge in [-0.25, -0.2) is 19.7 Å². The van der Waals surface area contributed by atoms with Crippen LogP contribution < -0.4 is 25.3 Å². The number of pyridine rings is 1. The molecule has 0 radical (unpaired) electrons. The third kappa shape index (κ3) is 8.98. The normalized spacial score (nSPS) is 17.3. The Morgan fingerprint density at radius 3 is 2.30 bits per heavy atom. The van der Waals surface area contributed by atoms with Gasteiger partial charge in [0.05, 0.1) is 23.6 Å². The summed E-state index contributed by atoms with van der Waals surface area (Å²) >= 11 is 0. The van der Waals surface area contributed by atoms with Gasteiger partial charge in [0.15, 0.2) is 5.82 Å². The number of fused-ring (bicyclic) bond motifs is 1. The lowest BCUT2D eigenvalue weighted by Gasteiger charge is -2.39. The number of aromatic nitrogens is 6. The van der Waals surface area contributed by atoms with Crippen LogP contribution in [-0.4, -0.2) is 105 Å². The molecule has 3 saturated heterocycles. The molecule has 0 unspecified atom stereocenters. The number of benzene rings is 2. The minimum absolute atomic E-state index is 0.0465. The highest BCUT2D eigenvalue weighted by atomic mass is 16.5. The lowest BCUT2D eigenvalue weighted by atomic mass is 9.95. The van der Waals surface area contributed by atoms with Crippen molar-refractivity contribution < 1.29 is 18.9 Å². The molecule has 63 heavy (non-hydrogen) atoms. The van der Waals surface area contributed by atoms with Gasteiger partial charge in [0.2, 0.25) is 5.91 Å². The van der Waals surface area contributed by atoms with E-state index in [0.29, 0.717) is 30.4 Å². The first kappa shape index (κ1) is 41.7. The average Bonchev–Trinajstić information content (AvgIpc) is 3.97. The monoisotopic (exact) mass is 850 g/mol. The molecule has 326 valence electrons. The number of carbonyl (C=O) groups is 3. The highest BCUT2D eigenvalue weighted by molar-refractivity contribution is 6.05. The molecule has 3 fully saturated rings. The van der Waals surface area contributed by atoms with E-state index in [9.17, 15) is 14.4 Å². The summed E-state index contributed by atoms with van der Waals surface area (Å²) in [6.07, 6.45) is 5.94. The Kier molecular flexibility index (Phi) is 11.4. The summed E-state index contributed by atoms with van der Waals surface area (Å²) in [6, 6.07) is 20.3. The fraction of sp³-hybridized carbons (Fsp3) is 0.404. The van der Waals surface area contributed by atoms with Crippen molar-refractivity contribution in [1.29, 1.82) is 0 Å². The first-order valence-corrected chi connectivity index (χ1v) is 21.9. The summed E-state index contributed by atoms with van der Waals surface area (Å²) in [7, 11) is 0. The predicted molar refractivity (Wildman–Crippen MR) is 242 cm³/mol. The lowest BCUT2D eigenvalue weighted by Crippen LogP contribution is -2.50. The van der Waals surface area contributed by atoms with Gasteiger partial charge in [-0.05, 0) is 85.7 Å². The number of nitrogens with zero attached hydrogens (tertiary/aromatic N) is 9. The predicted octanol–water partition coefficient (Wildman–Crippen LogP) is 6.65. The molecule has 0 bridgehead atoms. The van der Waals surface area contributed by atoms with Crippen LogP contribution in [0.3, 0.4) is 0 Å². The maximum atomic E-state index is 12.9. The van der Waals surface area contributed by atoms with Crippen molar-refractivity contribution in [3.63, 3.8) is 0 Å². The fourth-order valence-corrected chi connectivity index (χ4v) is 8.88. The number of rotatable bonds is 10. The SMILES string of the molecule is Cc1cc(-c2ncnc3[nH]c(-c4ccc(N5CCC(CN6CCN(c7ccc(N8CCC(=O)NC8=O)cn7)CC6)CC5)cc4)cc23)ccc1[C@@H](C)NC(=O)c1nc(C(C)(C)C)no1. The molecule has 3 aliphatic heterocycles. The van der Waals surface area contributed by atoms with Crippen LogP contribution >= 0.6 is 0 Å². The standard InChI is InChI=1S/C47H54N12O4/c1-29-24-33(8-12-36(29)30(2)51-43(61)44-54-45(55-63-44)47(3,4)5)41-37-25-38(52-42(37)50-28-49-41)32-6-9-34(10-7-32)57-17-14-31(15-18-57)27-56-20-22-58(23-21-56)39-13-11-35(26-48-39)59-19-16-40(60)53-46(59)62/h6-13,24-26,28,30-31H,14-23,27H2,1-5H3,(H,51,61)(H,49,50,52)(H,53,60,62)/t30-/m1/s1. The van der Waals surface area contributed by atoms with Gasteiger partial charge < -0.3 is 24.6 Å². The van der Waals surface area contributed by atoms with E-state index in [1.165, 1.54) is 5.69 Å². The molecule has 4 aromatic heterocycles. The van der Waals surface area contributed by atoms with Crippen molar-refractivity contribution in [3.05, 3.63) is 96.0 Å². The van der Waals surface area contributed by atoms with E-state index in [1.54, 1.807) is 17.4 Å². The third-order valence-electron chi connectivity index (χ3n) is 12.5. The zero-order valence-electron chi connectivity index (χ0n) is 36.5. The Balaban J connectivity index is 0.768. The zero-order valence-corrected chi connectivity index (χ0v) is 36.5. The van der Waals surface area contributed by atoms with Crippen LogP contribution in [0.25, 0.3) is 33.5 Å². The number of carbonyl (C=O) groups excluding carboxylic acids is 3. The third-order valence-corrected chi connectivity index (χ3v) is 12.5. The summed E-state index contributed by atoms with van der Waals surface area (Å²) in [5.74, 6) is 1.38. The van der Waals surface area contributed by atoms with Gasteiger partial charge in [-0.1, -0.05) is 50.2 Å². The molecule has 0 aliphatic carbocycles. The van der Waals surface area contributed by atoms with Gasteiger partial charge in [-0.2, -0.15) is 4.98 Å². The zero-order chi connectivity index (χ0) is 43.8. The summed E-state index contributed by atoms with van der Waals surface area (Å²) < 4.78 is 5.25. The number of aryl methyl sites for hydroxylation is 1. The molecule has 16 heteroatoms. The largest absolute Gasteiger partial charge is 0.372 e. The first-order valence-electron chi connectivity index (χ1n) is 21.9. The van der Waals surface area contributed by atoms with Crippen LogP contribution in [0.5, 0.6) is 0 Å². The van der Waals surface area contributed by atoms with Crippen LogP contribution in [-0.2, 0) is 10.2 Å². The van der Waals surface area contributed by atoms with Gasteiger partial charge in [0.25, 0.3) is 0 Å². The Labute approximate surface area is 366 Å². The number of piperidine rings is 1. The molecule has 0 spiro atoms. The molecule has 3 N–H and O–H groups in total. The Morgan fingerprint density at radius 1 is 0.873 bits per heavy atom. The van der Waals surface area contributed by atoms with Crippen LogP contribution in [0.2, 0.25) is 0 Å². The van der Waals surface area contributed by atoms with Gasteiger partial charge in [-0.3, -0.25) is 24.7 Å². The number of aromatic amines is 1. The van der Waals surface area contributed by atoms with E-state index in [4.69, 9.17) is 9.51 Å². The Morgan fingerprint density at radius 2 is 1.62 bits per heavy atom. The van der Waals surface area contributed by atoms with E-state index in [0.717, 1.165) is 109 Å². The highest BCUT2D eigenvalue weighted by Gasteiger charge is 2.28.